The van der Waals surface area contributed by atoms with Crippen LogP contribution in [-0.4, -0.2) is 15.0 Å². The molecule has 3 rings (SSSR count). The highest BCUT2D eigenvalue weighted by atomic mass is 35.5. The summed E-state index contributed by atoms with van der Waals surface area (Å²) in [5.41, 5.74) is 1.82. The minimum absolute atomic E-state index is 0.468. The van der Waals surface area contributed by atoms with Gasteiger partial charge in [0.2, 0.25) is 0 Å². The molecule has 3 aromatic rings. The largest absolute Gasteiger partial charge is 0.264 e. The predicted octanol–water partition coefficient (Wildman–Crippen LogP) is 3.35. The van der Waals surface area contributed by atoms with Gasteiger partial charge in [-0.25, -0.2) is 4.98 Å². The molecule has 0 aliphatic carbocycles. The second-order valence-corrected chi connectivity index (χ2v) is 4.05. The lowest BCUT2D eigenvalue weighted by Gasteiger charge is -2.02. The molecule has 0 N–H and O–H groups in total. The van der Waals surface area contributed by atoms with Crippen LogP contribution in [-0.2, 0) is 0 Å². The van der Waals surface area contributed by atoms with E-state index in [0.717, 1.165) is 22.0 Å². The van der Waals surface area contributed by atoms with Gasteiger partial charge in [-0.15, -0.1) is 0 Å². The maximum absolute atomic E-state index is 5.86. The third-order valence-corrected chi connectivity index (χ3v) is 2.75. The molecule has 0 radical (unpaired) electrons. The second kappa shape index (κ2) is 4.11. The van der Waals surface area contributed by atoms with Crippen molar-refractivity contribution in [2.24, 2.45) is 0 Å². The highest BCUT2D eigenvalue weighted by Crippen LogP contribution is 2.22. The summed E-state index contributed by atoms with van der Waals surface area (Å²) in [6.07, 6.45) is 7.09. The van der Waals surface area contributed by atoms with Crippen LogP contribution < -0.4 is 0 Å². The van der Waals surface area contributed by atoms with Gasteiger partial charge in [-0.05, 0) is 24.3 Å². The molecular weight excluding hydrogens is 234 g/mol. The summed E-state index contributed by atoms with van der Waals surface area (Å²) >= 11 is 5.86. The fourth-order valence-electron chi connectivity index (χ4n) is 1.70. The molecule has 3 heterocycles. The minimum Gasteiger partial charge on any atom is -0.264 e. The Morgan fingerprint density at radius 1 is 0.882 bits per heavy atom. The monoisotopic (exact) mass is 241 g/mol. The first kappa shape index (κ1) is 10.2. The molecule has 0 saturated heterocycles. The predicted molar refractivity (Wildman–Crippen MR) is 67.8 cm³/mol. The van der Waals surface area contributed by atoms with Gasteiger partial charge >= 0.3 is 0 Å². The second-order valence-electron chi connectivity index (χ2n) is 3.66. The molecule has 0 fully saturated rings. The molecule has 4 heteroatoms. The van der Waals surface area contributed by atoms with Gasteiger partial charge in [0.05, 0.1) is 5.69 Å². The molecule has 0 aliphatic heterocycles. The number of hydrogen-bond acceptors (Lipinski definition) is 3. The van der Waals surface area contributed by atoms with Gasteiger partial charge in [0.1, 0.15) is 5.15 Å². The zero-order valence-corrected chi connectivity index (χ0v) is 9.59. The number of aromatic nitrogens is 3. The molecule has 0 saturated carbocycles. The first-order chi connectivity index (χ1) is 8.33. The van der Waals surface area contributed by atoms with Crippen LogP contribution in [0.15, 0.2) is 49.1 Å². The van der Waals surface area contributed by atoms with Gasteiger partial charge in [0.25, 0.3) is 0 Å². The third-order valence-electron chi connectivity index (χ3n) is 2.54. The van der Waals surface area contributed by atoms with E-state index in [2.05, 4.69) is 15.0 Å². The van der Waals surface area contributed by atoms with Crippen LogP contribution in [0.3, 0.4) is 0 Å². The highest BCUT2D eigenvalue weighted by molar-refractivity contribution is 6.29. The molecule has 17 heavy (non-hydrogen) atoms. The zero-order valence-electron chi connectivity index (χ0n) is 8.84. The molecule has 3 nitrogen and oxygen atoms in total. The number of halogens is 1. The molecule has 0 atom stereocenters. The minimum atomic E-state index is 0.468. The number of pyridine rings is 3. The van der Waals surface area contributed by atoms with Gasteiger partial charge in [-0.2, -0.15) is 0 Å². The number of nitrogens with zero attached hydrogens (tertiary/aromatic N) is 3. The maximum atomic E-state index is 5.86. The third kappa shape index (κ3) is 1.97. The van der Waals surface area contributed by atoms with Crippen LogP contribution in [0.25, 0.3) is 22.0 Å². The van der Waals surface area contributed by atoms with Crippen LogP contribution in [0.1, 0.15) is 0 Å². The van der Waals surface area contributed by atoms with Crippen LogP contribution in [0.5, 0.6) is 0 Å². The average molecular weight is 242 g/mol. The maximum Gasteiger partial charge on any atom is 0.129 e. The summed E-state index contributed by atoms with van der Waals surface area (Å²) in [6.45, 7) is 0. The summed E-state index contributed by atoms with van der Waals surface area (Å²) in [4.78, 5) is 12.5. The Labute approximate surface area is 103 Å². The van der Waals surface area contributed by atoms with Crippen molar-refractivity contribution in [3.05, 3.63) is 54.2 Å². The Bertz CT molecular complexity index is 682. The molecule has 0 bridgehead atoms. The average Bonchev–Trinajstić information content (AvgIpc) is 2.38. The van der Waals surface area contributed by atoms with E-state index in [1.165, 1.54) is 0 Å². The summed E-state index contributed by atoms with van der Waals surface area (Å²) in [7, 11) is 0. The van der Waals surface area contributed by atoms with Gasteiger partial charge in [-0.3, -0.25) is 9.97 Å². The lowest BCUT2D eigenvalue weighted by molar-refractivity contribution is 1.29. The topological polar surface area (TPSA) is 38.7 Å². The summed E-state index contributed by atoms with van der Waals surface area (Å²) in [5.74, 6) is 0. The van der Waals surface area contributed by atoms with E-state index < -0.39 is 0 Å². The molecule has 82 valence electrons. The Kier molecular flexibility index (Phi) is 2.46. The van der Waals surface area contributed by atoms with Crippen molar-refractivity contribution in [1.29, 1.82) is 0 Å². The van der Waals surface area contributed by atoms with E-state index in [1.54, 1.807) is 18.5 Å². The van der Waals surface area contributed by atoms with E-state index in [0.29, 0.717) is 5.15 Å². The van der Waals surface area contributed by atoms with Crippen LogP contribution in [0.2, 0.25) is 5.15 Å². The van der Waals surface area contributed by atoms with Crippen molar-refractivity contribution in [1.82, 2.24) is 15.0 Å². The first-order valence-electron chi connectivity index (χ1n) is 5.15. The lowest BCUT2D eigenvalue weighted by atomic mass is 10.1. The Morgan fingerprint density at radius 2 is 1.82 bits per heavy atom. The van der Waals surface area contributed by atoms with Gasteiger partial charge in [0.15, 0.2) is 0 Å². The Hall–Kier alpha value is -2.00. The van der Waals surface area contributed by atoms with Crippen molar-refractivity contribution in [3.8, 4) is 11.3 Å². The Balaban J connectivity index is 2.18. The number of hydrogen-bond donors (Lipinski definition) is 0. The molecule has 3 aromatic heterocycles. The molecule has 0 aromatic carbocycles. The highest BCUT2D eigenvalue weighted by Gasteiger charge is 2.02. The standard InChI is InChI=1S/C13H8ClN3/c14-13-6-9(2-4-16-13)12-5-11-7-15-3-1-10(11)8-17-12/h1-8H. The zero-order chi connectivity index (χ0) is 11.7. The summed E-state index contributed by atoms with van der Waals surface area (Å²) in [6, 6.07) is 7.61. The molecular formula is C13H8ClN3. The Morgan fingerprint density at radius 3 is 2.71 bits per heavy atom. The fraction of sp³-hybridized carbons (Fsp3) is 0. The van der Waals surface area contributed by atoms with Crippen LogP contribution >= 0.6 is 11.6 Å². The quantitative estimate of drug-likeness (QED) is 0.614. The van der Waals surface area contributed by atoms with E-state index in [-0.39, 0.29) is 0 Å². The fourth-order valence-corrected chi connectivity index (χ4v) is 1.87. The summed E-state index contributed by atoms with van der Waals surface area (Å²) < 4.78 is 0. The normalized spacial score (nSPS) is 10.6. The van der Waals surface area contributed by atoms with Crippen molar-refractivity contribution in [3.63, 3.8) is 0 Å². The molecule has 0 unspecified atom stereocenters. The van der Waals surface area contributed by atoms with E-state index in [1.807, 2.05) is 30.6 Å². The number of rotatable bonds is 1. The van der Waals surface area contributed by atoms with Crippen LogP contribution in [0.4, 0.5) is 0 Å². The van der Waals surface area contributed by atoms with Crippen molar-refractivity contribution < 1.29 is 0 Å². The molecule has 0 spiro atoms. The van der Waals surface area contributed by atoms with E-state index in [4.69, 9.17) is 11.6 Å². The molecule has 0 aliphatic rings. The van der Waals surface area contributed by atoms with E-state index in [9.17, 15) is 0 Å². The molecule has 0 amide bonds. The van der Waals surface area contributed by atoms with Crippen molar-refractivity contribution in [2.45, 2.75) is 0 Å². The summed E-state index contributed by atoms with van der Waals surface area (Å²) in [5, 5.41) is 2.60. The van der Waals surface area contributed by atoms with Crippen molar-refractivity contribution in [2.75, 3.05) is 0 Å². The SMILES string of the molecule is Clc1cc(-c2cc3cnccc3cn2)ccn1. The lowest BCUT2D eigenvalue weighted by Crippen LogP contribution is -1.85. The van der Waals surface area contributed by atoms with Gasteiger partial charge < -0.3 is 0 Å². The van der Waals surface area contributed by atoms with Crippen molar-refractivity contribution >= 4 is 22.4 Å². The van der Waals surface area contributed by atoms with Gasteiger partial charge in [-0.1, -0.05) is 11.6 Å². The van der Waals surface area contributed by atoms with E-state index >= 15 is 0 Å². The first-order valence-corrected chi connectivity index (χ1v) is 5.52. The van der Waals surface area contributed by atoms with Gasteiger partial charge in [0, 0.05) is 41.1 Å². The van der Waals surface area contributed by atoms with Crippen LogP contribution in [0, 0.1) is 0 Å². The smallest absolute Gasteiger partial charge is 0.129 e. The number of fused-ring (bicyclic) bond motifs is 1.